The number of hydrogen-bond donors (Lipinski definition) is 3. The Morgan fingerprint density at radius 2 is 0.784 bits per heavy atom. The minimum atomic E-state index is -4.36. The molecular weight excluding hydrogens is 936 g/mol. The van der Waals surface area contributed by atoms with Crippen molar-refractivity contribution < 1.29 is 32.9 Å². The summed E-state index contributed by atoms with van der Waals surface area (Å²) in [6.07, 6.45) is 75.3. The molecule has 0 radical (unpaired) electrons. The number of carbonyl (C=O) groups is 1. The van der Waals surface area contributed by atoms with Crippen LogP contribution >= 0.6 is 7.82 Å². The maximum atomic E-state index is 13.0. The molecular formula is C65H126N2O6P+. The number of allylic oxidation sites excluding steroid dienone is 7. The monoisotopic (exact) mass is 1060 g/mol. The molecule has 0 fully saturated rings. The van der Waals surface area contributed by atoms with Gasteiger partial charge in [0.25, 0.3) is 0 Å². The second-order valence-electron chi connectivity index (χ2n) is 23.1. The fourth-order valence-corrected chi connectivity index (χ4v) is 10.2. The van der Waals surface area contributed by atoms with Crippen molar-refractivity contribution in [1.29, 1.82) is 0 Å². The third-order valence-corrected chi connectivity index (χ3v) is 15.5. The van der Waals surface area contributed by atoms with E-state index in [1.807, 2.05) is 27.2 Å². The van der Waals surface area contributed by atoms with Crippen LogP contribution in [0.2, 0.25) is 0 Å². The minimum absolute atomic E-state index is 0.0555. The van der Waals surface area contributed by atoms with Crippen LogP contribution in [0.15, 0.2) is 48.6 Å². The molecule has 74 heavy (non-hydrogen) atoms. The van der Waals surface area contributed by atoms with Gasteiger partial charge in [0.05, 0.1) is 39.9 Å². The molecule has 0 rings (SSSR count). The molecule has 1 amide bonds. The molecule has 0 aromatic carbocycles. The number of quaternary nitrogens is 1. The Labute approximate surface area is 460 Å². The lowest BCUT2D eigenvalue weighted by Crippen LogP contribution is -2.45. The Hall–Kier alpha value is -1.54. The van der Waals surface area contributed by atoms with Gasteiger partial charge in [-0.2, -0.15) is 0 Å². The Morgan fingerprint density at radius 1 is 0.459 bits per heavy atom. The molecule has 0 aromatic rings. The van der Waals surface area contributed by atoms with Crippen LogP contribution in [0.3, 0.4) is 0 Å². The SMILES string of the molecule is CCCCCCC/C=C\C/C=C\CCCCCCCCCCCCCC(=O)NC(COP(=O)(O)OCC[N+](C)(C)C)C(O)/C=C/CC/C=C/CCCCCCCCCCCCCCCCCCCCCCCCC. The number of carbonyl (C=O) groups excluding carboxylic acids is 1. The standard InChI is InChI=1S/C65H125N2O6P/c1-6-8-10-12-14-16-18-20-22-24-26-28-30-31-32-33-34-35-37-38-40-42-44-46-48-50-52-54-56-58-64(68)63(62-73-74(70,71)72-61-60-67(3,4)5)66-65(69)59-57-55-53-51-49-47-45-43-41-39-36-29-27-25-23-21-19-17-15-13-11-9-7-2/h19,21,25,27,48,50,56,58,63-64,68H,6-18,20,22-24,26,28-47,49,51-55,57,59-62H2,1-5H3,(H-,66,69,70,71)/p+1/b21-19-,27-25-,50-48+,58-56+. The van der Waals surface area contributed by atoms with E-state index in [-0.39, 0.29) is 19.1 Å². The maximum Gasteiger partial charge on any atom is 0.472 e. The zero-order chi connectivity index (χ0) is 54.2. The van der Waals surface area contributed by atoms with E-state index in [0.717, 1.165) is 44.9 Å². The topological polar surface area (TPSA) is 105 Å². The lowest BCUT2D eigenvalue weighted by Gasteiger charge is -2.25. The number of unbranched alkanes of at least 4 members (excludes halogenated alkanes) is 40. The van der Waals surface area contributed by atoms with Gasteiger partial charge in [-0.3, -0.25) is 13.8 Å². The number of aliphatic hydroxyl groups is 1. The molecule has 0 aliphatic heterocycles. The van der Waals surface area contributed by atoms with Crippen LogP contribution in [0.4, 0.5) is 0 Å². The van der Waals surface area contributed by atoms with Crippen molar-refractivity contribution in [3.63, 3.8) is 0 Å². The van der Waals surface area contributed by atoms with Crippen LogP contribution in [-0.2, 0) is 18.4 Å². The molecule has 0 aliphatic rings. The summed E-state index contributed by atoms with van der Waals surface area (Å²) in [5.74, 6) is -0.186. The van der Waals surface area contributed by atoms with Gasteiger partial charge in [0.15, 0.2) is 0 Å². The maximum absolute atomic E-state index is 13.0. The number of hydrogen-bond acceptors (Lipinski definition) is 5. The zero-order valence-electron chi connectivity index (χ0n) is 49.8. The highest BCUT2D eigenvalue weighted by atomic mass is 31.2. The molecule has 0 saturated carbocycles. The predicted molar refractivity (Wildman–Crippen MR) is 323 cm³/mol. The number of phosphoric ester groups is 1. The normalized spacial score (nSPS) is 14.1. The Kier molecular flexibility index (Phi) is 55.0. The third-order valence-electron chi connectivity index (χ3n) is 14.5. The number of rotatable bonds is 59. The summed E-state index contributed by atoms with van der Waals surface area (Å²) in [6.45, 7) is 4.82. The van der Waals surface area contributed by atoms with E-state index < -0.39 is 20.0 Å². The van der Waals surface area contributed by atoms with E-state index >= 15 is 0 Å². The van der Waals surface area contributed by atoms with Crippen LogP contribution in [0.5, 0.6) is 0 Å². The molecule has 0 bridgehead atoms. The van der Waals surface area contributed by atoms with E-state index in [2.05, 4.69) is 55.6 Å². The smallest absolute Gasteiger partial charge is 0.387 e. The third kappa shape index (κ3) is 58.1. The van der Waals surface area contributed by atoms with Gasteiger partial charge in [-0.15, -0.1) is 0 Å². The lowest BCUT2D eigenvalue weighted by atomic mass is 10.0. The molecule has 436 valence electrons. The summed E-state index contributed by atoms with van der Waals surface area (Å²) in [7, 11) is 1.56. The minimum Gasteiger partial charge on any atom is -0.387 e. The molecule has 8 nitrogen and oxygen atoms in total. The molecule has 0 aliphatic carbocycles. The Balaban J connectivity index is 4.17. The molecule has 9 heteroatoms. The van der Waals surface area contributed by atoms with Crippen LogP contribution < -0.4 is 5.32 Å². The van der Waals surface area contributed by atoms with Crippen LogP contribution in [0.25, 0.3) is 0 Å². The van der Waals surface area contributed by atoms with Gasteiger partial charge >= 0.3 is 7.82 Å². The van der Waals surface area contributed by atoms with Gasteiger partial charge in [0.1, 0.15) is 13.2 Å². The van der Waals surface area contributed by atoms with E-state index in [0.29, 0.717) is 17.4 Å². The van der Waals surface area contributed by atoms with Crippen molar-refractivity contribution in [1.82, 2.24) is 5.32 Å². The van der Waals surface area contributed by atoms with Crippen molar-refractivity contribution in [3.05, 3.63) is 48.6 Å². The van der Waals surface area contributed by atoms with Crippen LogP contribution in [-0.4, -0.2) is 73.4 Å². The van der Waals surface area contributed by atoms with Gasteiger partial charge in [0, 0.05) is 6.42 Å². The van der Waals surface area contributed by atoms with E-state index in [4.69, 9.17) is 9.05 Å². The first-order valence-electron chi connectivity index (χ1n) is 32.0. The number of amides is 1. The highest BCUT2D eigenvalue weighted by molar-refractivity contribution is 7.47. The number of nitrogens with zero attached hydrogens (tertiary/aromatic N) is 1. The first-order valence-corrected chi connectivity index (χ1v) is 33.5. The number of aliphatic hydroxyl groups excluding tert-OH is 1. The molecule has 0 heterocycles. The summed E-state index contributed by atoms with van der Waals surface area (Å²) >= 11 is 0. The summed E-state index contributed by atoms with van der Waals surface area (Å²) in [5.41, 5.74) is 0. The Morgan fingerprint density at radius 3 is 1.16 bits per heavy atom. The largest absolute Gasteiger partial charge is 0.472 e. The van der Waals surface area contributed by atoms with E-state index in [1.54, 1.807) is 6.08 Å². The molecule has 3 atom stereocenters. The van der Waals surface area contributed by atoms with E-state index in [1.165, 1.54) is 244 Å². The molecule has 3 N–H and O–H groups in total. The van der Waals surface area contributed by atoms with Gasteiger partial charge < -0.3 is 19.8 Å². The lowest BCUT2D eigenvalue weighted by molar-refractivity contribution is -0.870. The average Bonchev–Trinajstić information content (AvgIpc) is 3.36. The van der Waals surface area contributed by atoms with Gasteiger partial charge in [-0.05, 0) is 64.2 Å². The van der Waals surface area contributed by atoms with Gasteiger partial charge in [-0.1, -0.05) is 287 Å². The summed E-state index contributed by atoms with van der Waals surface area (Å²) in [5, 5.41) is 14.0. The van der Waals surface area contributed by atoms with Crippen LogP contribution in [0.1, 0.15) is 309 Å². The molecule has 0 saturated heterocycles. The Bertz CT molecular complexity index is 1340. The van der Waals surface area contributed by atoms with Crippen molar-refractivity contribution in [2.45, 2.75) is 321 Å². The van der Waals surface area contributed by atoms with Gasteiger partial charge in [0.2, 0.25) is 5.91 Å². The first kappa shape index (κ1) is 72.5. The summed E-state index contributed by atoms with van der Waals surface area (Å²) in [6, 6.07) is -0.867. The van der Waals surface area contributed by atoms with Crippen LogP contribution in [0, 0.1) is 0 Å². The van der Waals surface area contributed by atoms with E-state index in [9.17, 15) is 19.4 Å². The second kappa shape index (κ2) is 56.2. The quantitative estimate of drug-likeness (QED) is 0.0243. The molecule has 3 unspecified atom stereocenters. The molecule has 0 spiro atoms. The fraction of sp³-hybridized carbons (Fsp3) is 0.862. The van der Waals surface area contributed by atoms with Crippen molar-refractivity contribution in [2.24, 2.45) is 0 Å². The number of likely N-dealkylation sites (N-methyl/N-ethyl adjacent to an activating group) is 1. The fourth-order valence-electron chi connectivity index (χ4n) is 9.50. The van der Waals surface area contributed by atoms with Crippen molar-refractivity contribution >= 4 is 13.7 Å². The second-order valence-corrected chi connectivity index (χ2v) is 24.6. The number of nitrogens with one attached hydrogen (secondary N) is 1. The predicted octanol–water partition coefficient (Wildman–Crippen LogP) is 19.9. The van der Waals surface area contributed by atoms with Crippen molar-refractivity contribution in [2.75, 3.05) is 40.9 Å². The highest BCUT2D eigenvalue weighted by Gasteiger charge is 2.27. The summed E-state index contributed by atoms with van der Waals surface area (Å²) in [4.78, 5) is 23.3. The molecule has 0 aromatic heterocycles. The average molecular weight is 1060 g/mol. The van der Waals surface area contributed by atoms with Crippen molar-refractivity contribution in [3.8, 4) is 0 Å². The van der Waals surface area contributed by atoms with Gasteiger partial charge in [-0.25, -0.2) is 4.57 Å². The number of phosphoric acid groups is 1. The summed E-state index contributed by atoms with van der Waals surface area (Å²) < 4.78 is 23.8. The zero-order valence-corrected chi connectivity index (χ0v) is 50.7. The first-order chi connectivity index (χ1) is 36.0. The highest BCUT2D eigenvalue weighted by Crippen LogP contribution is 2.43.